The number of rotatable bonds is 8. The Bertz CT molecular complexity index is 1010. The molecular weight excluding hydrogens is 394 g/mol. The number of hydrogen-bond acceptors (Lipinski definition) is 8. The number of amides is 1. The molecular formula is C20H19N3O5S. The summed E-state index contributed by atoms with van der Waals surface area (Å²) < 4.78 is 15.3. The minimum absolute atomic E-state index is 0.0211. The van der Waals surface area contributed by atoms with Gasteiger partial charge in [-0.2, -0.15) is 0 Å². The number of benzene rings is 2. The Kier molecular flexibility index (Phi) is 6.85. The van der Waals surface area contributed by atoms with E-state index in [4.69, 9.17) is 14.2 Å². The van der Waals surface area contributed by atoms with E-state index in [1.54, 1.807) is 24.4 Å². The van der Waals surface area contributed by atoms with Gasteiger partial charge in [-0.1, -0.05) is 23.9 Å². The summed E-state index contributed by atoms with van der Waals surface area (Å²) in [7, 11) is 3.03. The van der Waals surface area contributed by atoms with Gasteiger partial charge in [0, 0.05) is 23.9 Å². The van der Waals surface area contributed by atoms with Gasteiger partial charge in [0.05, 0.1) is 37.2 Å². The number of carbonyl (C=O) groups is 2. The van der Waals surface area contributed by atoms with Crippen LogP contribution in [-0.2, 0) is 14.3 Å². The second-order valence-electron chi connectivity index (χ2n) is 5.80. The van der Waals surface area contributed by atoms with Gasteiger partial charge in [-0.3, -0.25) is 14.6 Å². The Labute approximate surface area is 171 Å². The van der Waals surface area contributed by atoms with Crippen molar-refractivity contribution in [2.45, 2.75) is 5.03 Å². The number of carbonyl (C=O) groups excluding carboxylic acids is 2. The molecule has 0 aliphatic rings. The highest BCUT2D eigenvalue weighted by Crippen LogP contribution is 2.25. The molecule has 0 atom stereocenters. The summed E-state index contributed by atoms with van der Waals surface area (Å²) in [6, 6.07) is 12.4. The van der Waals surface area contributed by atoms with E-state index in [2.05, 4.69) is 15.3 Å². The third-order valence-corrected chi connectivity index (χ3v) is 4.64. The number of thioether (sulfide) groups is 1. The topological polar surface area (TPSA) is 99.6 Å². The minimum atomic E-state index is -0.525. The number of nitrogens with zero attached hydrogens (tertiary/aromatic N) is 2. The van der Waals surface area contributed by atoms with E-state index in [0.29, 0.717) is 22.2 Å². The second-order valence-corrected chi connectivity index (χ2v) is 6.79. The van der Waals surface area contributed by atoms with E-state index in [1.165, 1.54) is 26.0 Å². The zero-order valence-electron chi connectivity index (χ0n) is 15.9. The summed E-state index contributed by atoms with van der Waals surface area (Å²) in [4.78, 5) is 32.7. The summed E-state index contributed by atoms with van der Waals surface area (Å²) in [5.74, 6) is 0.0920. The fraction of sp³-hybridized carbons (Fsp3) is 0.200. The van der Waals surface area contributed by atoms with Crippen LogP contribution >= 0.6 is 11.8 Å². The van der Waals surface area contributed by atoms with Gasteiger partial charge in [-0.05, 0) is 12.1 Å². The number of hydrogen-bond donors (Lipinski definition) is 1. The van der Waals surface area contributed by atoms with Gasteiger partial charge in [-0.15, -0.1) is 0 Å². The van der Waals surface area contributed by atoms with Crippen molar-refractivity contribution in [3.8, 4) is 11.5 Å². The van der Waals surface area contributed by atoms with Crippen molar-refractivity contribution in [3.63, 3.8) is 0 Å². The molecule has 29 heavy (non-hydrogen) atoms. The zero-order chi connectivity index (χ0) is 20.6. The molecule has 1 heterocycles. The van der Waals surface area contributed by atoms with E-state index < -0.39 is 18.5 Å². The highest BCUT2D eigenvalue weighted by atomic mass is 32.2. The fourth-order valence-corrected chi connectivity index (χ4v) is 3.05. The number of fused-ring (bicyclic) bond motifs is 1. The van der Waals surface area contributed by atoms with E-state index in [1.807, 2.05) is 24.3 Å². The summed E-state index contributed by atoms with van der Waals surface area (Å²) >= 11 is 1.20. The molecule has 8 nitrogen and oxygen atoms in total. The molecule has 0 saturated carbocycles. The lowest BCUT2D eigenvalue weighted by atomic mass is 10.2. The number of anilines is 1. The van der Waals surface area contributed by atoms with Gasteiger partial charge in [0.1, 0.15) is 16.5 Å². The summed E-state index contributed by atoms with van der Waals surface area (Å²) in [5, 5.41) is 3.24. The summed E-state index contributed by atoms with van der Waals surface area (Å²) in [5.41, 5.74) is 2.01. The van der Waals surface area contributed by atoms with Crippen LogP contribution in [0.15, 0.2) is 53.7 Å². The van der Waals surface area contributed by atoms with E-state index in [9.17, 15) is 9.59 Å². The van der Waals surface area contributed by atoms with Gasteiger partial charge in [0.15, 0.2) is 6.61 Å². The van der Waals surface area contributed by atoms with Crippen molar-refractivity contribution >= 4 is 40.4 Å². The molecule has 150 valence electrons. The van der Waals surface area contributed by atoms with Crippen molar-refractivity contribution in [2.24, 2.45) is 0 Å². The molecule has 9 heteroatoms. The Morgan fingerprint density at radius 3 is 2.41 bits per heavy atom. The van der Waals surface area contributed by atoms with Crippen LogP contribution < -0.4 is 14.8 Å². The molecule has 1 aromatic heterocycles. The highest BCUT2D eigenvalue weighted by Gasteiger charge is 2.11. The van der Waals surface area contributed by atoms with Crippen LogP contribution in [0.2, 0.25) is 0 Å². The smallest absolute Gasteiger partial charge is 0.316 e. The third kappa shape index (κ3) is 5.82. The summed E-state index contributed by atoms with van der Waals surface area (Å²) in [6.45, 7) is -0.400. The lowest BCUT2D eigenvalue weighted by Crippen LogP contribution is -2.21. The molecule has 2 aromatic carbocycles. The quantitative estimate of drug-likeness (QED) is 0.444. The molecule has 0 aliphatic carbocycles. The molecule has 0 bridgehead atoms. The molecule has 3 aromatic rings. The van der Waals surface area contributed by atoms with E-state index >= 15 is 0 Å². The predicted octanol–water partition coefficient (Wildman–Crippen LogP) is 2.92. The molecule has 0 saturated heterocycles. The van der Waals surface area contributed by atoms with Gasteiger partial charge in [-0.25, -0.2) is 4.98 Å². The Morgan fingerprint density at radius 2 is 1.72 bits per heavy atom. The van der Waals surface area contributed by atoms with Crippen LogP contribution in [0.4, 0.5) is 5.69 Å². The minimum Gasteiger partial charge on any atom is -0.497 e. The molecule has 3 rings (SSSR count). The summed E-state index contributed by atoms with van der Waals surface area (Å²) in [6.07, 6.45) is 1.60. The fourth-order valence-electron chi connectivity index (χ4n) is 2.41. The van der Waals surface area contributed by atoms with Crippen LogP contribution in [0.3, 0.4) is 0 Å². The predicted molar refractivity (Wildman–Crippen MR) is 109 cm³/mol. The number of methoxy groups -OCH3 is 2. The largest absolute Gasteiger partial charge is 0.497 e. The first-order chi connectivity index (χ1) is 14.1. The first-order valence-corrected chi connectivity index (χ1v) is 9.59. The van der Waals surface area contributed by atoms with Crippen LogP contribution in [0.25, 0.3) is 11.0 Å². The number of nitrogens with one attached hydrogen (secondary N) is 1. The normalized spacial score (nSPS) is 10.4. The molecule has 0 aliphatic heterocycles. The molecule has 0 spiro atoms. The maximum absolute atomic E-state index is 12.0. The van der Waals surface area contributed by atoms with Crippen LogP contribution in [0.1, 0.15) is 0 Å². The average Bonchev–Trinajstić information content (AvgIpc) is 2.75. The second kappa shape index (κ2) is 9.74. The van der Waals surface area contributed by atoms with Gasteiger partial charge in [0.2, 0.25) is 0 Å². The number of ether oxygens (including phenoxy) is 3. The highest BCUT2D eigenvalue weighted by molar-refractivity contribution is 7.99. The van der Waals surface area contributed by atoms with Crippen molar-refractivity contribution in [1.82, 2.24) is 9.97 Å². The van der Waals surface area contributed by atoms with Crippen molar-refractivity contribution in [1.29, 1.82) is 0 Å². The van der Waals surface area contributed by atoms with E-state index in [0.717, 1.165) is 11.0 Å². The molecule has 0 unspecified atom stereocenters. The Morgan fingerprint density at radius 1 is 1.03 bits per heavy atom. The molecule has 0 radical (unpaired) electrons. The first kappa shape index (κ1) is 20.4. The van der Waals surface area contributed by atoms with Gasteiger partial charge < -0.3 is 19.5 Å². The van der Waals surface area contributed by atoms with E-state index in [-0.39, 0.29) is 5.75 Å². The lowest BCUT2D eigenvalue weighted by molar-refractivity contribution is -0.144. The SMILES string of the molecule is COc1cc(NC(=O)COC(=O)CSc2cnc3ccccc3n2)cc(OC)c1. The lowest BCUT2D eigenvalue weighted by Gasteiger charge is -2.10. The number of para-hydroxylation sites is 2. The maximum Gasteiger partial charge on any atom is 0.316 e. The molecule has 1 N–H and O–H groups in total. The first-order valence-electron chi connectivity index (χ1n) is 8.60. The van der Waals surface area contributed by atoms with Crippen LogP contribution in [-0.4, -0.2) is 48.4 Å². The van der Waals surface area contributed by atoms with Crippen molar-refractivity contribution < 1.29 is 23.8 Å². The zero-order valence-corrected chi connectivity index (χ0v) is 16.7. The third-order valence-electron chi connectivity index (χ3n) is 3.76. The van der Waals surface area contributed by atoms with Gasteiger partial charge >= 0.3 is 5.97 Å². The van der Waals surface area contributed by atoms with Gasteiger partial charge in [0.25, 0.3) is 5.91 Å². The molecule has 1 amide bonds. The number of esters is 1. The van der Waals surface area contributed by atoms with Crippen molar-refractivity contribution in [2.75, 3.05) is 31.9 Å². The monoisotopic (exact) mass is 413 g/mol. The molecule has 0 fully saturated rings. The maximum atomic E-state index is 12.0. The number of aromatic nitrogens is 2. The standard InChI is InChI=1S/C20H19N3O5S/c1-26-14-7-13(8-15(9-14)27-2)22-18(24)11-28-20(25)12-29-19-10-21-16-5-3-4-6-17(16)23-19/h3-10H,11-12H2,1-2H3,(H,22,24). The van der Waals surface area contributed by atoms with Crippen LogP contribution in [0, 0.1) is 0 Å². The van der Waals surface area contributed by atoms with Crippen molar-refractivity contribution in [3.05, 3.63) is 48.7 Å². The Balaban J connectivity index is 1.48. The Hall–Kier alpha value is -3.33. The average molecular weight is 413 g/mol. The van der Waals surface area contributed by atoms with Crippen LogP contribution in [0.5, 0.6) is 11.5 Å².